The third-order valence-electron chi connectivity index (χ3n) is 6.16. The number of benzene rings is 1. The van der Waals surface area contributed by atoms with Gasteiger partial charge in [-0.1, -0.05) is 63.6 Å². The van der Waals surface area contributed by atoms with Crippen molar-refractivity contribution in [1.82, 2.24) is 0 Å². The number of ether oxygens (including phenoxy) is 4. The fourth-order valence-corrected chi connectivity index (χ4v) is 3.77. The van der Waals surface area contributed by atoms with E-state index < -0.39 is 31.1 Å². The zero-order valence-electron chi connectivity index (χ0n) is 21.3. The number of hydrogen-bond acceptors (Lipinski definition) is 8. The molecular weight excluding hydrogens is 464 g/mol. The Balaban J connectivity index is 1.89. The standard InChI is InChI=1S/C28H40O8/c1-4-5-6-7-23-16-33-26(34-17-23)13-10-22-8-11-24(12-9-22)25(18-35-27(31)20(2)14-29)19-36-28(32)21(3)15-30/h8-9,11-12,23,25-26,29-30H,2-7,10,13-19H2,1H3. The zero-order chi connectivity index (χ0) is 26.3. The summed E-state index contributed by atoms with van der Waals surface area (Å²) in [6.07, 6.45) is 6.17. The Bertz CT molecular complexity index is 808. The van der Waals surface area contributed by atoms with Crippen molar-refractivity contribution in [3.8, 4) is 0 Å². The molecule has 1 heterocycles. The van der Waals surface area contributed by atoms with Gasteiger partial charge in [-0.15, -0.1) is 0 Å². The topological polar surface area (TPSA) is 112 Å². The number of carbonyl (C=O) groups is 2. The van der Waals surface area contributed by atoms with Crippen molar-refractivity contribution < 1.29 is 38.7 Å². The van der Waals surface area contributed by atoms with Gasteiger partial charge in [0.05, 0.1) is 43.5 Å². The van der Waals surface area contributed by atoms with Crippen LogP contribution in [0.15, 0.2) is 48.6 Å². The summed E-state index contributed by atoms with van der Waals surface area (Å²) in [7, 11) is 0. The number of hydrogen-bond donors (Lipinski definition) is 2. The molecule has 0 atom stereocenters. The summed E-state index contributed by atoms with van der Waals surface area (Å²) in [4.78, 5) is 23.8. The van der Waals surface area contributed by atoms with Gasteiger partial charge in [0, 0.05) is 12.3 Å². The average Bonchev–Trinajstić information content (AvgIpc) is 2.91. The van der Waals surface area contributed by atoms with Crippen LogP contribution in [0, 0.1) is 5.92 Å². The molecule has 1 fully saturated rings. The van der Waals surface area contributed by atoms with Crippen molar-refractivity contribution in [2.24, 2.45) is 5.92 Å². The molecule has 0 bridgehead atoms. The maximum absolute atomic E-state index is 11.9. The quantitative estimate of drug-likeness (QED) is 0.200. The maximum Gasteiger partial charge on any atom is 0.335 e. The van der Waals surface area contributed by atoms with Crippen molar-refractivity contribution >= 4 is 11.9 Å². The van der Waals surface area contributed by atoms with Crippen LogP contribution in [0.4, 0.5) is 0 Å². The minimum absolute atomic E-state index is 0.0609. The summed E-state index contributed by atoms with van der Waals surface area (Å²) in [6, 6.07) is 7.74. The molecule has 1 aromatic rings. The number of unbranched alkanes of at least 4 members (excludes halogenated alkanes) is 2. The van der Waals surface area contributed by atoms with Gasteiger partial charge in [-0.2, -0.15) is 0 Å². The van der Waals surface area contributed by atoms with E-state index in [1.807, 2.05) is 24.3 Å². The fraction of sp³-hybridized carbons (Fsp3) is 0.571. The predicted molar refractivity (Wildman–Crippen MR) is 135 cm³/mol. The lowest BCUT2D eigenvalue weighted by atomic mass is 9.98. The summed E-state index contributed by atoms with van der Waals surface area (Å²) in [5, 5.41) is 18.1. The van der Waals surface area contributed by atoms with E-state index in [1.165, 1.54) is 19.3 Å². The number of aryl methyl sites for hydroxylation is 1. The molecule has 0 spiro atoms. The van der Waals surface area contributed by atoms with Crippen LogP contribution < -0.4 is 0 Å². The van der Waals surface area contributed by atoms with Gasteiger partial charge < -0.3 is 29.2 Å². The molecule has 0 unspecified atom stereocenters. The highest BCUT2D eigenvalue weighted by Gasteiger charge is 2.22. The smallest absolute Gasteiger partial charge is 0.335 e. The number of rotatable bonds is 16. The Morgan fingerprint density at radius 3 is 2.00 bits per heavy atom. The van der Waals surface area contributed by atoms with Crippen LogP contribution in [0.5, 0.6) is 0 Å². The molecule has 1 aliphatic rings. The summed E-state index contributed by atoms with van der Waals surface area (Å²) in [5.41, 5.74) is 1.79. The highest BCUT2D eigenvalue weighted by atomic mass is 16.7. The highest BCUT2D eigenvalue weighted by Crippen LogP contribution is 2.22. The molecule has 8 nitrogen and oxygen atoms in total. The van der Waals surface area contributed by atoms with Crippen molar-refractivity contribution in [3.05, 3.63) is 59.7 Å². The van der Waals surface area contributed by atoms with E-state index in [4.69, 9.17) is 29.2 Å². The van der Waals surface area contributed by atoms with E-state index in [-0.39, 0.29) is 30.6 Å². The molecule has 1 saturated heterocycles. The molecule has 8 heteroatoms. The summed E-state index contributed by atoms with van der Waals surface area (Å²) in [5.74, 6) is -1.40. The van der Waals surface area contributed by atoms with Gasteiger partial charge in [0.15, 0.2) is 6.29 Å². The summed E-state index contributed by atoms with van der Waals surface area (Å²) in [6.45, 7) is 9.46. The first-order valence-corrected chi connectivity index (χ1v) is 12.6. The molecule has 2 N–H and O–H groups in total. The first-order valence-electron chi connectivity index (χ1n) is 12.6. The molecular formula is C28H40O8. The molecule has 0 radical (unpaired) electrons. The minimum atomic E-state index is -0.717. The Hall–Kier alpha value is -2.52. The normalized spacial score (nSPS) is 17.6. The SMILES string of the molecule is C=C(CO)C(=O)OCC(COC(=O)C(=C)CO)c1ccc(CCC2OCC(CCCCC)CO2)cc1. The van der Waals surface area contributed by atoms with E-state index in [0.717, 1.165) is 43.6 Å². The number of carbonyl (C=O) groups excluding carboxylic acids is 2. The van der Waals surface area contributed by atoms with Crippen molar-refractivity contribution in [2.75, 3.05) is 39.6 Å². The van der Waals surface area contributed by atoms with Crippen molar-refractivity contribution in [3.63, 3.8) is 0 Å². The van der Waals surface area contributed by atoms with Crippen LogP contribution in [-0.2, 0) is 35.0 Å². The number of aliphatic hydroxyl groups is 2. The Morgan fingerprint density at radius 2 is 1.50 bits per heavy atom. The van der Waals surface area contributed by atoms with Crippen molar-refractivity contribution in [2.45, 2.75) is 57.7 Å². The van der Waals surface area contributed by atoms with Gasteiger partial charge in [0.1, 0.15) is 13.2 Å². The monoisotopic (exact) mass is 504 g/mol. The summed E-state index contributed by atoms with van der Waals surface area (Å²) < 4.78 is 22.3. The molecule has 0 saturated carbocycles. The van der Waals surface area contributed by atoms with Gasteiger partial charge in [-0.25, -0.2) is 9.59 Å². The second-order valence-electron chi connectivity index (χ2n) is 9.16. The lowest BCUT2D eigenvalue weighted by Gasteiger charge is -2.29. The van der Waals surface area contributed by atoms with Gasteiger partial charge in [-0.3, -0.25) is 0 Å². The largest absolute Gasteiger partial charge is 0.461 e. The van der Waals surface area contributed by atoms with Crippen LogP contribution in [0.1, 0.15) is 56.1 Å². The first kappa shape index (κ1) is 29.7. The lowest BCUT2D eigenvalue weighted by Crippen LogP contribution is -2.32. The minimum Gasteiger partial charge on any atom is -0.461 e. The number of aliphatic hydroxyl groups excluding tert-OH is 2. The second-order valence-corrected chi connectivity index (χ2v) is 9.16. The lowest BCUT2D eigenvalue weighted by molar-refractivity contribution is -0.203. The third-order valence-corrected chi connectivity index (χ3v) is 6.16. The predicted octanol–water partition coefficient (Wildman–Crippen LogP) is 3.46. The van der Waals surface area contributed by atoms with Crippen LogP contribution in [-0.4, -0.2) is 68.1 Å². The highest BCUT2D eigenvalue weighted by molar-refractivity contribution is 5.88. The van der Waals surface area contributed by atoms with Gasteiger partial charge in [0.2, 0.25) is 0 Å². The van der Waals surface area contributed by atoms with E-state index in [1.54, 1.807) is 0 Å². The van der Waals surface area contributed by atoms with E-state index in [0.29, 0.717) is 5.92 Å². The fourth-order valence-electron chi connectivity index (χ4n) is 3.77. The molecule has 1 aliphatic heterocycles. The molecule has 0 amide bonds. The van der Waals surface area contributed by atoms with Gasteiger partial charge >= 0.3 is 11.9 Å². The molecule has 0 aliphatic carbocycles. The first-order chi connectivity index (χ1) is 17.4. The van der Waals surface area contributed by atoms with Crippen LogP contribution in [0.2, 0.25) is 0 Å². The van der Waals surface area contributed by atoms with E-state index in [9.17, 15) is 9.59 Å². The average molecular weight is 505 g/mol. The second kappa shape index (κ2) is 16.3. The molecule has 36 heavy (non-hydrogen) atoms. The van der Waals surface area contributed by atoms with Crippen molar-refractivity contribution in [1.29, 1.82) is 0 Å². The van der Waals surface area contributed by atoms with Crippen LogP contribution in [0.25, 0.3) is 0 Å². The molecule has 0 aromatic heterocycles. The van der Waals surface area contributed by atoms with E-state index >= 15 is 0 Å². The Kier molecular flexibility index (Phi) is 13.4. The van der Waals surface area contributed by atoms with Crippen LogP contribution in [0.3, 0.4) is 0 Å². The third kappa shape index (κ3) is 10.2. The van der Waals surface area contributed by atoms with Gasteiger partial charge in [0.25, 0.3) is 0 Å². The molecule has 2 rings (SSSR count). The number of esters is 2. The van der Waals surface area contributed by atoms with Gasteiger partial charge in [-0.05, 0) is 24.0 Å². The summed E-state index contributed by atoms with van der Waals surface area (Å²) >= 11 is 0. The van der Waals surface area contributed by atoms with E-state index in [2.05, 4.69) is 20.1 Å². The zero-order valence-corrected chi connectivity index (χ0v) is 21.3. The Labute approximate surface area is 213 Å². The maximum atomic E-state index is 11.9. The molecule has 200 valence electrons. The van der Waals surface area contributed by atoms with Crippen LogP contribution >= 0.6 is 0 Å². The Morgan fingerprint density at radius 1 is 0.944 bits per heavy atom. The molecule has 1 aromatic carbocycles.